The van der Waals surface area contributed by atoms with Crippen molar-refractivity contribution in [1.29, 1.82) is 0 Å². The van der Waals surface area contributed by atoms with Crippen LogP contribution in [0.4, 0.5) is 4.39 Å². The molecule has 0 saturated heterocycles. The molecule has 2 rings (SSSR count). The normalized spacial score (nSPS) is 12.0. The number of fused-ring (bicyclic) bond motifs is 1. The lowest BCUT2D eigenvalue weighted by molar-refractivity contribution is -0.146. The van der Waals surface area contributed by atoms with Gasteiger partial charge in [-0.25, -0.2) is 4.39 Å². The van der Waals surface area contributed by atoms with Crippen molar-refractivity contribution < 1.29 is 14.3 Å². The fourth-order valence-electron chi connectivity index (χ4n) is 2.18. The van der Waals surface area contributed by atoms with Gasteiger partial charge in [-0.3, -0.25) is 4.79 Å². The first-order valence-corrected chi connectivity index (χ1v) is 5.79. The topological polar surface area (TPSA) is 42.2 Å². The van der Waals surface area contributed by atoms with Crippen LogP contribution in [0.2, 0.25) is 0 Å². The zero-order valence-corrected chi connectivity index (χ0v) is 10.7. The van der Waals surface area contributed by atoms with E-state index in [2.05, 4.69) is 0 Å². The van der Waals surface area contributed by atoms with E-state index in [4.69, 9.17) is 5.11 Å². The fraction of sp³-hybridized carbons (Fsp3) is 0.357. The van der Waals surface area contributed by atoms with E-state index in [9.17, 15) is 9.18 Å². The summed E-state index contributed by atoms with van der Waals surface area (Å²) in [6.07, 6.45) is 2.11. The van der Waals surface area contributed by atoms with E-state index in [0.29, 0.717) is 11.8 Å². The average Bonchev–Trinajstić information content (AvgIpc) is 2.56. The maximum Gasteiger partial charge on any atom is 0.309 e. The number of aryl methyl sites for hydroxylation is 1. The molecule has 18 heavy (non-hydrogen) atoms. The molecule has 3 nitrogen and oxygen atoms in total. The van der Waals surface area contributed by atoms with Crippen LogP contribution in [0.1, 0.15) is 19.4 Å². The number of hydrogen-bond donors (Lipinski definition) is 1. The van der Waals surface area contributed by atoms with Crippen LogP contribution in [-0.4, -0.2) is 15.6 Å². The Kier molecular flexibility index (Phi) is 2.89. The molecule has 0 amide bonds. The van der Waals surface area contributed by atoms with Gasteiger partial charge in [-0.1, -0.05) is 6.07 Å². The third-order valence-corrected chi connectivity index (χ3v) is 3.25. The standard InChI is InChI=1S/C14H16FNO2/c1-14(2,13(17)18)7-9-8-16(3)11-6-4-5-10(15)12(9)11/h4-6,8H,7H2,1-3H3,(H,17,18). The smallest absolute Gasteiger partial charge is 0.309 e. The number of carboxylic acid groups (broad SMARTS) is 1. The second-order valence-electron chi connectivity index (χ2n) is 5.27. The van der Waals surface area contributed by atoms with Crippen LogP contribution in [-0.2, 0) is 18.3 Å². The summed E-state index contributed by atoms with van der Waals surface area (Å²) in [5.41, 5.74) is 0.612. The summed E-state index contributed by atoms with van der Waals surface area (Å²) in [6, 6.07) is 4.89. The molecule has 0 fully saturated rings. The van der Waals surface area contributed by atoms with Crippen LogP contribution in [0.25, 0.3) is 10.9 Å². The van der Waals surface area contributed by atoms with Gasteiger partial charge >= 0.3 is 5.97 Å². The van der Waals surface area contributed by atoms with Gasteiger partial charge in [-0.05, 0) is 38.0 Å². The Labute approximate surface area is 105 Å². The summed E-state index contributed by atoms with van der Waals surface area (Å²) in [6.45, 7) is 3.30. The quantitative estimate of drug-likeness (QED) is 0.908. The fourth-order valence-corrected chi connectivity index (χ4v) is 2.18. The first-order valence-electron chi connectivity index (χ1n) is 5.79. The summed E-state index contributed by atoms with van der Waals surface area (Å²) in [4.78, 5) is 11.2. The van der Waals surface area contributed by atoms with Crippen molar-refractivity contribution in [2.75, 3.05) is 0 Å². The highest BCUT2D eigenvalue weighted by Crippen LogP contribution is 2.30. The number of aromatic nitrogens is 1. The number of halogens is 1. The predicted molar refractivity (Wildman–Crippen MR) is 68.0 cm³/mol. The largest absolute Gasteiger partial charge is 0.481 e. The van der Waals surface area contributed by atoms with Crippen LogP contribution in [0.5, 0.6) is 0 Å². The van der Waals surface area contributed by atoms with Gasteiger partial charge in [0, 0.05) is 18.6 Å². The molecule has 0 bridgehead atoms. The monoisotopic (exact) mass is 249 g/mol. The lowest BCUT2D eigenvalue weighted by Crippen LogP contribution is -2.26. The third kappa shape index (κ3) is 1.98. The average molecular weight is 249 g/mol. The molecule has 0 atom stereocenters. The molecule has 0 aliphatic heterocycles. The van der Waals surface area contributed by atoms with Crippen molar-refractivity contribution in [1.82, 2.24) is 4.57 Å². The second-order valence-corrected chi connectivity index (χ2v) is 5.27. The Hall–Kier alpha value is -1.84. The maximum atomic E-state index is 13.9. The number of benzene rings is 1. The molecule has 0 saturated carbocycles. The summed E-state index contributed by atoms with van der Waals surface area (Å²) in [7, 11) is 1.83. The summed E-state index contributed by atoms with van der Waals surface area (Å²) >= 11 is 0. The van der Waals surface area contributed by atoms with Crippen molar-refractivity contribution in [3.63, 3.8) is 0 Å². The van der Waals surface area contributed by atoms with E-state index in [-0.39, 0.29) is 5.82 Å². The zero-order chi connectivity index (χ0) is 13.5. The first kappa shape index (κ1) is 12.6. The van der Waals surface area contributed by atoms with E-state index in [1.807, 2.05) is 17.7 Å². The number of rotatable bonds is 3. The Balaban J connectivity index is 2.56. The zero-order valence-electron chi connectivity index (χ0n) is 10.7. The van der Waals surface area contributed by atoms with Gasteiger partial charge in [0.1, 0.15) is 5.82 Å². The van der Waals surface area contributed by atoms with E-state index < -0.39 is 11.4 Å². The SMILES string of the molecule is Cn1cc(CC(C)(C)C(=O)O)c2c(F)cccc21. The van der Waals surface area contributed by atoms with E-state index in [1.165, 1.54) is 6.07 Å². The molecule has 1 heterocycles. The van der Waals surface area contributed by atoms with E-state index in [1.54, 1.807) is 26.1 Å². The Bertz CT molecular complexity index is 614. The molecule has 1 N–H and O–H groups in total. The molecule has 1 aromatic carbocycles. The van der Waals surface area contributed by atoms with Crippen molar-refractivity contribution in [2.24, 2.45) is 12.5 Å². The second kappa shape index (κ2) is 4.12. The van der Waals surface area contributed by atoms with Gasteiger partial charge in [0.05, 0.1) is 10.9 Å². The van der Waals surface area contributed by atoms with Crippen LogP contribution in [0, 0.1) is 11.2 Å². The molecule has 0 unspecified atom stereocenters. The van der Waals surface area contributed by atoms with Crippen molar-refractivity contribution in [2.45, 2.75) is 20.3 Å². The Morgan fingerprint density at radius 1 is 1.44 bits per heavy atom. The number of nitrogens with zero attached hydrogens (tertiary/aromatic N) is 1. The minimum absolute atomic E-state index is 0.302. The van der Waals surface area contributed by atoms with Gasteiger partial charge in [0.15, 0.2) is 0 Å². The summed E-state index contributed by atoms with van der Waals surface area (Å²) < 4.78 is 15.7. The minimum atomic E-state index is -0.906. The van der Waals surface area contributed by atoms with E-state index >= 15 is 0 Å². The molecule has 1 aromatic heterocycles. The Morgan fingerprint density at radius 3 is 2.72 bits per heavy atom. The number of carboxylic acids is 1. The molecule has 0 aliphatic rings. The third-order valence-electron chi connectivity index (χ3n) is 3.25. The minimum Gasteiger partial charge on any atom is -0.481 e. The van der Waals surface area contributed by atoms with Crippen LogP contribution in [0.3, 0.4) is 0 Å². The maximum absolute atomic E-state index is 13.9. The van der Waals surface area contributed by atoms with Crippen LogP contribution in [0.15, 0.2) is 24.4 Å². The number of hydrogen-bond acceptors (Lipinski definition) is 1. The Morgan fingerprint density at radius 2 is 2.11 bits per heavy atom. The van der Waals surface area contributed by atoms with Crippen LogP contribution < -0.4 is 0 Å². The highest BCUT2D eigenvalue weighted by atomic mass is 19.1. The number of carbonyl (C=O) groups is 1. The lowest BCUT2D eigenvalue weighted by Gasteiger charge is -2.18. The molecular weight excluding hydrogens is 233 g/mol. The van der Waals surface area contributed by atoms with Crippen LogP contribution >= 0.6 is 0 Å². The van der Waals surface area contributed by atoms with Gasteiger partial charge in [0.2, 0.25) is 0 Å². The van der Waals surface area contributed by atoms with E-state index in [0.717, 1.165) is 11.1 Å². The molecule has 0 aliphatic carbocycles. The molecule has 96 valence electrons. The van der Waals surface area contributed by atoms with Crippen molar-refractivity contribution in [3.8, 4) is 0 Å². The van der Waals surface area contributed by atoms with Gasteiger partial charge in [-0.15, -0.1) is 0 Å². The predicted octanol–water partition coefficient (Wildman–Crippen LogP) is 2.97. The van der Waals surface area contributed by atoms with Gasteiger partial charge in [0.25, 0.3) is 0 Å². The first-order chi connectivity index (χ1) is 8.33. The molecule has 2 aromatic rings. The summed E-state index contributed by atoms with van der Waals surface area (Å²) in [5.74, 6) is -1.18. The van der Waals surface area contributed by atoms with Crippen molar-refractivity contribution >= 4 is 16.9 Å². The molecule has 0 spiro atoms. The highest BCUT2D eigenvalue weighted by Gasteiger charge is 2.29. The molecule has 0 radical (unpaired) electrons. The van der Waals surface area contributed by atoms with Crippen molar-refractivity contribution in [3.05, 3.63) is 35.8 Å². The lowest BCUT2D eigenvalue weighted by atomic mass is 9.86. The summed E-state index contributed by atoms with van der Waals surface area (Å²) in [5, 5.41) is 9.67. The van der Waals surface area contributed by atoms with Gasteiger partial charge < -0.3 is 9.67 Å². The highest BCUT2D eigenvalue weighted by molar-refractivity contribution is 5.85. The number of aliphatic carboxylic acids is 1. The molecular formula is C14H16FNO2. The molecule has 4 heteroatoms. The van der Waals surface area contributed by atoms with Gasteiger partial charge in [-0.2, -0.15) is 0 Å².